The lowest BCUT2D eigenvalue weighted by Gasteiger charge is -2.37. The van der Waals surface area contributed by atoms with Crippen LogP contribution in [-0.4, -0.2) is 16.0 Å². The maximum atomic E-state index is 11.2. The summed E-state index contributed by atoms with van der Waals surface area (Å²) in [6.07, 6.45) is 2.79. The largest absolute Gasteiger partial charge is 0.481 e. The van der Waals surface area contributed by atoms with Crippen molar-refractivity contribution >= 4 is 11.7 Å². The third-order valence-electron chi connectivity index (χ3n) is 3.45. The Bertz CT molecular complexity index is 448. The maximum absolute atomic E-state index is 11.2. The number of carbonyl (C=O) groups is 1. The average Bonchev–Trinajstić information content (AvgIpc) is 2.23. The van der Waals surface area contributed by atoms with Gasteiger partial charge in [0, 0.05) is 12.1 Å². The molecular formula is C12H13NO4. The van der Waals surface area contributed by atoms with Crippen molar-refractivity contribution in [3.05, 3.63) is 39.9 Å². The highest BCUT2D eigenvalue weighted by atomic mass is 16.6. The first-order valence-corrected chi connectivity index (χ1v) is 5.50. The average molecular weight is 235 g/mol. The van der Waals surface area contributed by atoms with E-state index in [9.17, 15) is 20.0 Å². The summed E-state index contributed by atoms with van der Waals surface area (Å²) in [5, 5.41) is 19.7. The Labute approximate surface area is 98.2 Å². The number of benzene rings is 1. The molecule has 1 aliphatic carbocycles. The van der Waals surface area contributed by atoms with Gasteiger partial charge in [0.15, 0.2) is 0 Å². The van der Waals surface area contributed by atoms with Crippen LogP contribution in [0.3, 0.4) is 0 Å². The van der Waals surface area contributed by atoms with E-state index >= 15 is 0 Å². The standard InChI is InChI=1S/C12H13NO4/c14-11(15)12(6-1-7-12)8-9-2-4-10(5-3-9)13(16)17/h2-5H,1,6-8H2,(H,14,15). The predicted octanol–water partition coefficient (Wildman–Crippen LogP) is 2.39. The quantitative estimate of drug-likeness (QED) is 0.641. The Balaban J connectivity index is 2.13. The molecule has 17 heavy (non-hydrogen) atoms. The van der Waals surface area contributed by atoms with Crippen molar-refractivity contribution in [1.29, 1.82) is 0 Å². The van der Waals surface area contributed by atoms with Crippen LogP contribution in [0, 0.1) is 15.5 Å². The molecule has 1 fully saturated rings. The van der Waals surface area contributed by atoms with E-state index in [1.165, 1.54) is 12.1 Å². The summed E-state index contributed by atoms with van der Waals surface area (Å²) in [7, 11) is 0. The zero-order valence-electron chi connectivity index (χ0n) is 9.26. The first-order valence-electron chi connectivity index (χ1n) is 5.50. The van der Waals surface area contributed by atoms with Gasteiger partial charge in [-0.15, -0.1) is 0 Å². The van der Waals surface area contributed by atoms with Crippen LogP contribution in [0.15, 0.2) is 24.3 Å². The van der Waals surface area contributed by atoms with Gasteiger partial charge in [-0.3, -0.25) is 14.9 Å². The van der Waals surface area contributed by atoms with E-state index in [1.54, 1.807) is 12.1 Å². The van der Waals surface area contributed by atoms with Crippen LogP contribution in [-0.2, 0) is 11.2 Å². The third kappa shape index (κ3) is 2.13. The number of nitrogens with zero attached hydrogens (tertiary/aromatic N) is 1. The molecule has 2 rings (SSSR count). The summed E-state index contributed by atoms with van der Waals surface area (Å²) in [4.78, 5) is 21.2. The molecule has 0 aromatic heterocycles. The minimum Gasteiger partial charge on any atom is -0.481 e. The zero-order valence-corrected chi connectivity index (χ0v) is 9.26. The van der Waals surface area contributed by atoms with Gasteiger partial charge in [0.2, 0.25) is 0 Å². The fourth-order valence-electron chi connectivity index (χ4n) is 2.20. The van der Waals surface area contributed by atoms with Gasteiger partial charge in [-0.2, -0.15) is 0 Å². The number of nitro groups is 1. The number of carboxylic acid groups (broad SMARTS) is 1. The second-order valence-electron chi connectivity index (χ2n) is 4.54. The lowest BCUT2D eigenvalue weighted by molar-refractivity contribution is -0.384. The molecule has 0 bridgehead atoms. The topological polar surface area (TPSA) is 80.4 Å². The van der Waals surface area contributed by atoms with Crippen LogP contribution in [0.2, 0.25) is 0 Å². The molecule has 90 valence electrons. The summed E-state index contributed by atoms with van der Waals surface area (Å²) in [6, 6.07) is 6.12. The zero-order chi connectivity index (χ0) is 12.5. The second kappa shape index (κ2) is 4.16. The summed E-state index contributed by atoms with van der Waals surface area (Å²) in [5.74, 6) is -0.762. The van der Waals surface area contributed by atoms with Crippen molar-refractivity contribution in [3.63, 3.8) is 0 Å². The van der Waals surface area contributed by atoms with E-state index in [1.807, 2.05) is 0 Å². The Morgan fingerprint density at radius 1 is 1.35 bits per heavy atom. The van der Waals surface area contributed by atoms with E-state index in [0.29, 0.717) is 19.3 Å². The fraction of sp³-hybridized carbons (Fsp3) is 0.417. The summed E-state index contributed by atoms with van der Waals surface area (Å²) < 4.78 is 0. The number of rotatable bonds is 4. The van der Waals surface area contributed by atoms with Crippen LogP contribution in [0.5, 0.6) is 0 Å². The van der Waals surface area contributed by atoms with Crippen molar-refractivity contribution in [1.82, 2.24) is 0 Å². The Morgan fingerprint density at radius 2 is 1.94 bits per heavy atom. The van der Waals surface area contributed by atoms with E-state index in [0.717, 1.165) is 12.0 Å². The van der Waals surface area contributed by atoms with Crippen molar-refractivity contribution in [3.8, 4) is 0 Å². The first-order chi connectivity index (χ1) is 8.03. The molecule has 0 aliphatic heterocycles. The lowest BCUT2D eigenvalue weighted by Crippen LogP contribution is -2.39. The molecule has 0 heterocycles. The van der Waals surface area contributed by atoms with E-state index in [-0.39, 0.29) is 5.69 Å². The van der Waals surface area contributed by atoms with Crippen LogP contribution in [0.25, 0.3) is 0 Å². The Kier molecular flexibility index (Phi) is 2.83. The predicted molar refractivity (Wildman–Crippen MR) is 60.7 cm³/mol. The van der Waals surface area contributed by atoms with Crippen molar-refractivity contribution < 1.29 is 14.8 Å². The number of aliphatic carboxylic acids is 1. The normalized spacial score (nSPS) is 17.2. The van der Waals surface area contributed by atoms with E-state index < -0.39 is 16.3 Å². The molecule has 5 nitrogen and oxygen atoms in total. The lowest BCUT2D eigenvalue weighted by atomic mass is 9.65. The van der Waals surface area contributed by atoms with Crippen LogP contribution < -0.4 is 0 Å². The molecule has 0 saturated heterocycles. The van der Waals surface area contributed by atoms with Gasteiger partial charge < -0.3 is 5.11 Å². The van der Waals surface area contributed by atoms with Gasteiger partial charge >= 0.3 is 5.97 Å². The summed E-state index contributed by atoms with van der Waals surface area (Å²) >= 11 is 0. The van der Waals surface area contributed by atoms with Crippen molar-refractivity contribution in [2.24, 2.45) is 5.41 Å². The maximum Gasteiger partial charge on any atom is 0.309 e. The molecule has 0 radical (unpaired) electrons. The van der Waals surface area contributed by atoms with E-state index in [2.05, 4.69) is 0 Å². The Hall–Kier alpha value is -1.91. The summed E-state index contributed by atoms with van der Waals surface area (Å²) in [5.41, 5.74) is 0.236. The van der Waals surface area contributed by atoms with Crippen LogP contribution in [0.4, 0.5) is 5.69 Å². The minimum atomic E-state index is -0.762. The number of carboxylic acids is 1. The molecule has 0 spiro atoms. The smallest absolute Gasteiger partial charge is 0.309 e. The first kappa shape index (κ1) is 11.6. The second-order valence-corrected chi connectivity index (χ2v) is 4.54. The summed E-state index contributed by atoms with van der Waals surface area (Å²) in [6.45, 7) is 0. The molecule has 1 aliphatic rings. The van der Waals surface area contributed by atoms with Crippen molar-refractivity contribution in [2.45, 2.75) is 25.7 Å². The SMILES string of the molecule is O=C(O)C1(Cc2ccc([N+](=O)[O-])cc2)CCC1. The highest BCUT2D eigenvalue weighted by molar-refractivity contribution is 5.76. The molecule has 0 unspecified atom stereocenters. The number of hydrogen-bond donors (Lipinski definition) is 1. The monoisotopic (exact) mass is 235 g/mol. The number of non-ortho nitro benzene ring substituents is 1. The van der Waals surface area contributed by atoms with Gasteiger partial charge in [-0.1, -0.05) is 18.6 Å². The molecule has 1 aromatic carbocycles. The third-order valence-corrected chi connectivity index (χ3v) is 3.45. The highest BCUT2D eigenvalue weighted by Crippen LogP contribution is 2.44. The molecule has 1 N–H and O–H groups in total. The molecular weight excluding hydrogens is 222 g/mol. The van der Waals surface area contributed by atoms with Crippen molar-refractivity contribution in [2.75, 3.05) is 0 Å². The molecule has 1 saturated carbocycles. The van der Waals surface area contributed by atoms with Crippen LogP contribution in [0.1, 0.15) is 24.8 Å². The molecule has 1 aromatic rings. The fourth-order valence-corrected chi connectivity index (χ4v) is 2.20. The molecule has 5 heteroatoms. The molecule has 0 atom stereocenters. The van der Waals surface area contributed by atoms with Gasteiger partial charge in [0.05, 0.1) is 10.3 Å². The minimum absolute atomic E-state index is 0.0340. The van der Waals surface area contributed by atoms with Crippen LogP contribution >= 0.6 is 0 Å². The van der Waals surface area contributed by atoms with Gasteiger partial charge in [0.25, 0.3) is 5.69 Å². The van der Waals surface area contributed by atoms with Gasteiger partial charge in [-0.05, 0) is 24.8 Å². The number of nitro benzene ring substituents is 1. The Morgan fingerprint density at radius 3 is 2.29 bits per heavy atom. The highest BCUT2D eigenvalue weighted by Gasteiger charge is 2.44. The van der Waals surface area contributed by atoms with Gasteiger partial charge in [-0.25, -0.2) is 0 Å². The van der Waals surface area contributed by atoms with E-state index in [4.69, 9.17) is 0 Å². The van der Waals surface area contributed by atoms with Gasteiger partial charge in [0.1, 0.15) is 0 Å². The number of hydrogen-bond acceptors (Lipinski definition) is 3. The molecule has 0 amide bonds.